The third-order valence-corrected chi connectivity index (χ3v) is 2.95. The molecular formula is C10H13N5OS. The van der Waals surface area contributed by atoms with Crippen LogP contribution < -0.4 is 11.0 Å². The van der Waals surface area contributed by atoms with Crippen molar-refractivity contribution in [3.8, 4) is 0 Å². The second kappa shape index (κ2) is 5.05. The molecule has 0 aliphatic heterocycles. The van der Waals surface area contributed by atoms with E-state index in [-0.39, 0.29) is 5.69 Å². The fourth-order valence-electron chi connectivity index (χ4n) is 1.36. The molecule has 7 heteroatoms. The number of nitrogens with one attached hydrogen (secondary N) is 1. The lowest BCUT2D eigenvalue weighted by atomic mass is 10.4. The highest BCUT2D eigenvalue weighted by Gasteiger charge is 2.05. The summed E-state index contributed by atoms with van der Waals surface area (Å²) in [6.45, 7) is 5.11. The van der Waals surface area contributed by atoms with Gasteiger partial charge in [0.2, 0.25) is 5.13 Å². The number of hydrogen-bond acceptors (Lipinski definition) is 6. The monoisotopic (exact) mass is 251 g/mol. The lowest BCUT2D eigenvalue weighted by Gasteiger charge is -2.01. The van der Waals surface area contributed by atoms with E-state index >= 15 is 0 Å². The van der Waals surface area contributed by atoms with Crippen LogP contribution in [0.1, 0.15) is 17.5 Å². The molecule has 2 heterocycles. The highest BCUT2D eigenvalue weighted by atomic mass is 32.1. The minimum absolute atomic E-state index is 0.268. The molecule has 0 saturated carbocycles. The summed E-state index contributed by atoms with van der Waals surface area (Å²) in [5, 5.41) is 12.6. The maximum absolute atomic E-state index is 11.5. The van der Waals surface area contributed by atoms with E-state index in [2.05, 4.69) is 20.5 Å². The smallest absolute Gasteiger partial charge is 0.347 e. The van der Waals surface area contributed by atoms with Crippen LogP contribution in [0.25, 0.3) is 0 Å². The zero-order valence-corrected chi connectivity index (χ0v) is 10.5. The van der Waals surface area contributed by atoms with Gasteiger partial charge in [0.25, 0.3) is 0 Å². The first-order valence-electron chi connectivity index (χ1n) is 5.28. The van der Waals surface area contributed by atoms with E-state index < -0.39 is 0 Å². The van der Waals surface area contributed by atoms with Gasteiger partial charge in [-0.05, 0) is 19.4 Å². The predicted octanol–water partition coefficient (Wildman–Crippen LogP) is 0.883. The standard InChI is InChI=1S/C10H13N5OS/c1-3-11-9-14-13-8(17-9)6-15-5-7(2)4-12-10(15)16/h4-5H,3,6H2,1-2H3,(H,11,14). The molecule has 1 N–H and O–H groups in total. The average Bonchev–Trinajstić information content (AvgIpc) is 2.72. The topological polar surface area (TPSA) is 72.7 Å². The highest BCUT2D eigenvalue weighted by molar-refractivity contribution is 7.15. The van der Waals surface area contributed by atoms with Gasteiger partial charge in [-0.3, -0.25) is 4.57 Å². The third-order valence-electron chi connectivity index (χ3n) is 2.08. The van der Waals surface area contributed by atoms with Gasteiger partial charge in [0.05, 0.1) is 6.54 Å². The molecular weight excluding hydrogens is 238 g/mol. The Kier molecular flexibility index (Phi) is 3.48. The molecule has 17 heavy (non-hydrogen) atoms. The van der Waals surface area contributed by atoms with Gasteiger partial charge in [-0.2, -0.15) is 0 Å². The molecule has 2 aromatic rings. The number of aromatic nitrogens is 4. The van der Waals surface area contributed by atoms with Gasteiger partial charge in [-0.15, -0.1) is 10.2 Å². The quantitative estimate of drug-likeness (QED) is 0.873. The fourth-order valence-corrected chi connectivity index (χ4v) is 2.17. The molecule has 0 bridgehead atoms. The van der Waals surface area contributed by atoms with Crippen molar-refractivity contribution in [1.29, 1.82) is 0 Å². The van der Waals surface area contributed by atoms with Crippen LogP contribution in [0.5, 0.6) is 0 Å². The number of anilines is 1. The Labute approximate surface area is 102 Å². The van der Waals surface area contributed by atoms with E-state index in [9.17, 15) is 4.79 Å². The Bertz CT molecular complexity index is 562. The molecule has 0 aliphatic rings. The molecule has 6 nitrogen and oxygen atoms in total. The summed E-state index contributed by atoms with van der Waals surface area (Å²) < 4.78 is 1.53. The molecule has 0 saturated heterocycles. The number of aryl methyl sites for hydroxylation is 1. The molecule has 0 radical (unpaired) electrons. The summed E-state index contributed by atoms with van der Waals surface area (Å²) in [6.07, 6.45) is 3.33. The number of hydrogen-bond donors (Lipinski definition) is 1. The van der Waals surface area contributed by atoms with Crippen LogP contribution in [0.3, 0.4) is 0 Å². The van der Waals surface area contributed by atoms with Crippen LogP contribution in [-0.4, -0.2) is 26.3 Å². The summed E-state index contributed by atoms with van der Waals surface area (Å²) in [7, 11) is 0. The van der Waals surface area contributed by atoms with E-state index in [0.29, 0.717) is 6.54 Å². The fraction of sp³-hybridized carbons (Fsp3) is 0.400. The van der Waals surface area contributed by atoms with Crippen LogP contribution in [0.2, 0.25) is 0 Å². The molecule has 0 amide bonds. The Morgan fingerprint density at radius 2 is 2.29 bits per heavy atom. The van der Waals surface area contributed by atoms with Crippen LogP contribution in [-0.2, 0) is 6.54 Å². The summed E-state index contributed by atoms with van der Waals surface area (Å²) in [6, 6.07) is 0. The molecule has 2 aromatic heterocycles. The van der Waals surface area contributed by atoms with Crippen molar-refractivity contribution in [1.82, 2.24) is 19.7 Å². The van der Waals surface area contributed by atoms with E-state index in [1.54, 1.807) is 12.4 Å². The maximum atomic E-state index is 11.5. The van der Waals surface area contributed by atoms with Crippen molar-refractivity contribution in [2.45, 2.75) is 20.4 Å². The Hall–Kier alpha value is -1.76. The minimum Gasteiger partial charge on any atom is -0.360 e. The van der Waals surface area contributed by atoms with Crippen LogP contribution >= 0.6 is 11.3 Å². The molecule has 0 aliphatic carbocycles. The lowest BCUT2D eigenvalue weighted by Crippen LogP contribution is -2.22. The second-order valence-electron chi connectivity index (χ2n) is 3.57. The normalized spacial score (nSPS) is 10.5. The van der Waals surface area contributed by atoms with Crippen molar-refractivity contribution in [2.75, 3.05) is 11.9 Å². The summed E-state index contributed by atoms with van der Waals surface area (Å²) in [5.41, 5.74) is 0.678. The van der Waals surface area contributed by atoms with E-state index in [4.69, 9.17) is 0 Å². The summed E-state index contributed by atoms with van der Waals surface area (Å²) >= 11 is 1.45. The van der Waals surface area contributed by atoms with Gasteiger partial charge in [0.1, 0.15) is 5.01 Å². The first-order chi connectivity index (χ1) is 8.19. The van der Waals surface area contributed by atoms with Crippen molar-refractivity contribution in [3.05, 3.63) is 33.4 Å². The van der Waals surface area contributed by atoms with Gasteiger partial charge in [0.15, 0.2) is 0 Å². The minimum atomic E-state index is -0.268. The maximum Gasteiger partial charge on any atom is 0.347 e. The SMILES string of the molecule is CCNc1nnc(Cn2cc(C)cnc2=O)s1. The van der Waals surface area contributed by atoms with Gasteiger partial charge >= 0.3 is 5.69 Å². The molecule has 2 rings (SSSR count). The third kappa shape index (κ3) is 2.88. The van der Waals surface area contributed by atoms with E-state index in [1.807, 2.05) is 13.8 Å². The van der Waals surface area contributed by atoms with Crippen LogP contribution in [0.15, 0.2) is 17.2 Å². The van der Waals surface area contributed by atoms with Gasteiger partial charge in [-0.1, -0.05) is 11.3 Å². The van der Waals surface area contributed by atoms with Crippen molar-refractivity contribution < 1.29 is 0 Å². The van der Waals surface area contributed by atoms with Crippen molar-refractivity contribution >= 4 is 16.5 Å². The molecule has 0 fully saturated rings. The lowest BCUT2D eigenvalue weighted by molar-refractivity contribution is 0.710. The molecule has 90 valence electrons. The van der Waals surface area contributed by atoms with Gasteiger partial charge in [-0.25, -0.2) is 9.78 Å². The zero-order chi connectivity index (χ0) is 12.3. The van der Waals surface area contributed by atoms with Crippen LogP contribution in [0.4, 0.5) is 5.13 Å². The first kappa shape index (κ1) is 11.7. The zero-order valence-electron chi connectivity index (χ0n) is 9.67. The first-order valence-corrected chi connectivity index (χ1v) is 6.10. The van der Waals surface area contributed by atoms with Gasteiger partial charge in [0, 0.05) is 18.9 Å². The molecule has 0 unspecified atom stereocenters. The van der Waals surface area contributed by atoms with Crippen LogP contribution in [0, 0.1) is 6.92 Å². The second-order valence-corrected chi connectivity index (χ2v) is 4.64. The Balaban J connectivity index is 2.19. The highest BCUT2D eigenvalue weighted by Crippen LogP contribution is 2.15. The predicted molar refractivity (Wildman–Crippen MR) is 66.4 cm³/mol. The Morgan fingerprint density at radius 1 is 1.47 bits per heavy atom. The largest absolute Gasteiger partial charge is 0.360 e. The molecule has 0 atom stereocenters. The van der Waals surface area contributed by atoms with E-state index in [1.165, 1.54) is 15.9 Å². The van der Waals surface area contributed by atoms with Gasteiger partial charge < -0.3 is 5.32 Å². The Morgan fingerprint density at radius 3 is 3.06 bits per heavy atom. The van der Waals surface area contributed by atoms with Crippen molar-refractivity contribution in [2.24, 2.45) is 0 Å². The van der Waals surface area contributed by atoms with Crippen molar-refractivity contribution in [3.63, 3.8) is 0 Å². The summed E-state index contributed by atoms with van der Waals surface area (Å²) in [4.78, 5) is 15.3. The number of nitrogens with zero attached hydrogens (tertiary/aromatic N) is 4. The molecule has 0 spiro atoms. The average molecular weight is 251 g/mol. The summed E-state index contributed by atoms with van der Waals surface area (Å²) in [5.74, 6) is 0. The van der Waals surface area contributed by atoms with E-state index in [0.717, 1.165) is 22.2 Å². The molecule has 0 aromatic carbocycles. The number of rotatable bonds is 4.